The number of nitrogen functional groups attached to an aromatic ring is 1. The summed E-state index contributed by atoms with van der Waals surface area (Å²) in [7, 11) is 0. The average Bonchev–Trinajstić information content (AvgIpc) is 1.99. The first-order valence-corrected chi connectivity index (χ1v) is 5.34. The number of azo groups is 1. The number of nitrogens with two attached hydrogens (primary N) is 1. The Kier molecular flexibility index (Phi) is 3.34. The first kappa shape index (κ1) is 12.0. The molecule has 0 atom stereocenters. The predicted octanol–water partition coefficient (Wildman–Crippen LogP) is 3.42. The lowest BCUT2D eigenvalue weighted by Crippen LogP contribution is -2.13. The smallest absolute Gasteiger partial charge is 0.267 e. The third kappa shape index (κ3) is 3.51. The number of benzene rings is 1. The number of hydrogen-bond acceptors (Lipinski definition) is 3. The van der Waals surface area contributed by atoms with Gasteiger partial charge in [-0.05, 0) is 38.0 Å². The molecule has 1 aromatic rings. The van der Waals surface area contributed by atoms with E-state index < -0.39 is 5.54 Å². The van der Waals surface area contributed by atoms with Gasteiger partial charge >= 0.3 is 0 Å². The molecular weight excluding hydrogens is 258 g/mol. The van der Waals surface area contributed by atoms with Crippen molar-refractivity contribution in [3.8, 4) is 0 Å². The van der Waals surface area contributed by atoms with Crippen molar-refractivity contribution >= 4 is 27.3 Å². The Morgan fingerprint density at radius 2 is 2.00 bits per heavy atom. The van der Waals surface area contributed by atoms with Gasteiger partial charge in [0.25, 0.3) is 5.69 Å². The van der Waals surface area contributed by atoms with E-state index in [9.17, 15) is 5.21 Å². The van der Waals surface area contributed by atoms with Crippen LogP contribution in [-0.2, 0) is 0 Å². The van der Waals surface area contributed by atoms with Gasteiger partial charge in [0, 0.05) is 10.5 Å². The Morgan fingerprint density at radius 3 is 2.47 bits per heavy atom. The molecule has 0 unspecified atom stereocenters. The molecule has 1 rings (SSSR count). The van der Waals surface area contributed by atoms with Crippen LogP contribution in [0.4, 0.5) is 11.4 Å². The second kappa shape index (κ2) is 4.18. The van der Waals surface area contributed by atoms with Crippen LogP contribution in [0, 0.1) is 5.21 Å². The van der Waals surface area contributed by atoms with E-state index in [1.807, 2.05) is 20.8 Å². The summed E-state index contributed by atoms with van der Waals surface area (Å²) in [5, 5.41) is 15.6. The zero-order chi connectivity index (χ0) is 11.6. The maximum atomic E-state index is 11.6. The maximum Gasteiger partial charge on any atom is 0.267 e. The topological polar surface area (TPSA) is 64.5 Å². The highest BCUT2D eigenvalue weighted by Gasteiger charge is 2.16. The Balaban J connectivity index is 3.12. The van der Waals surface area contributed by atoms with Crippen molar-refractivity contribution in [2.45, 2.75) is 26.3 Å². The summed E-state index contributed by atoms with van der Waals surface area (Å²) in [6, 6.07) is 5.08. The van der Waals surface area contributed by atoms with E-state index >= 15 is 0 Å². The van der Waals surface area contributed by atoms with E-state index in [-0.39, 0.29) is 0 Å². The monoisotopic (exact) mass is 271 g/mol. The van der Waals surface area contributed by atoms with Gasteiger partial charge in [0.05, 0.1) is 0 Å². The summed E-state index contributed by atoms with van der Waals surface area (Å²) in [5.41, 5.74) is 6.07. The molecule has 82 valence electrons. The molecule has 0 aliphatic carbocycles. The van der Waals surface area contributed by atoms with Crippen LogP contribution < -0.4 is 5.73 Å². The van der Waals surface area contributed by atoms with Crippen LogP contribution in [0.25, 0.3) is 0 Å². The molecule has 0 aliphatic heterocycles. The van der Waals surface area contributed by atoms with Gasteiger partial charge in [0.1, 0.15) is 11.2 Å². The van der Waals surface area contributed by atoms with Crippen LogP contribution in [0.1, 0.15) is 20.8 Å². The van der Waals surface area contributed by atoms with Crippen molar-refractivity contribution in [2.24, 2.45) is 5.11 Å². The fraction of sp³-hybridized carbons (Fsp3) is 0.400. The number of rotatable bonds is 1. The van der Waals surface area contributed by atoms with Crippen molar-refractivity contribution in [1.82, 2.24) is 0 Å². The van der Waals surface area contributed by atoms with Crippen molar-refractivity contribution in [1.29, 1.82) is 0 Å². The van der Waals surface area contributed by atoms with Gasteiger partial charge < -0.3 is 10.9 Å². The van der Waals surface area contributed by atoms with Crippen molar-refractivity contribution in [3.05, 3.63) is 27.9 Å². The second-order valence-electron chi connectivity index (χ2n) is 4.25. The Hall–Kier alpha value is -1.10. The quantitative estimate of drug-likeness (QED) is 0.368. The Bertz CT molecular complexity index is 396. The van der Waals surface area contributed by atoms with Crippen LogP contribution >= 0.6 is 15.9 Å². The molecule has 0 aromatic heterocycles. The summed E-state index contributed by atoms with van der Waals surface area (Å²) in [4.78, 5) is 0.571. The molecule has 4 nitrogen and oxygen atoms in total. The maximum absolute atomic E-state index is 11.6. The van der Waals surface area contributed by atoms with E-state index in [0.29, 0.717) is 16.2 Å². The lowest BCUT2D eigenvalue weighted by Gasteiger charge is -2.10. The van der Waals surface area contributed by atoms with Crippen LogP contribution in [0.15, 0.2) is 27.8 Å². The van der Waals surface area contributed by atoms with Gasteiger partial charge in [-0.15, -0.1) is 0 Å². The predicted molar refractivity (Wildman–Crippen MR) is 64.0 cm³/mol. The van der Waals surface area contributed by atoms with E-state index in [1.165, 1.54) is 0 Å². The van der Waals surface area contributed by atoms with Gasteiger partial charge in [-0.1, -0.05) is 20.8 Å². The van der Waals surface area contributed by atoms with Crippen LogP contribution in [0.2, 0.25) is 0 Å². The number of anilines is 1. The molecule has 0 amide bonds. The molecule has 0 saturated heterocycles. The molecule has 0 radical (unpaired) electrons. The molecular formula is C10H14BrN3O. The Labute approximate surface area is 97.5 Å². The summed E-state index contributed by atoms with van der Waals surface area (Å²) >= 11 is 3.28. The fourth-order valence-corrected chi connectivity index (χ4v) is 1.40. The van der Waals surface area contributed by atoms with Crippen molar-refractivity contribution < 1.29 is 4.86 Å². The van der Waals surface area contributed by atoms with E-state index in [1.54, 1.807) is 18.2 Å². The first-order chi connectivity index (χ1) is 6.79. The zero-order valence-corrected chi connectivity index (χ0v) is 10.6. The standard InChI is InChI=1S/C10H14BrN3O/c1-10(2,3)13-14(15)9-5-4-7(11)6-8(9)12/h4-6H,12H2,1-3H3. The normalized spacial score (nSPS) is 12.9. The summed E-state index contributed by atoms with van der Waals surface area (Å²) < 4.78 is 0.841. The van der Waals surface area contributed by atoms with Gasteiger partial charge in [0.15, 0.2) is 0 Å². The van der Waals surface area contributed by atoms with Crippen LogP contribution in [-0.4, -0.2) is 10.4 Å². The van der Waals surface area contributed by atoms with Gasteiger partial charge in [0.2, 0.25) is 0 Å². The highest BCUT2D eigenvalue weighted by Crippen LogP contribution is 2.26. The van der Waals surface area contributed by atoms with Gasteiger partial charge in [-0.3, -0.25) is 0 Å². The minimum atomic E-state index is -0.415. The summed E-state index contributed by atoms with van der Waals surface area (Å²) in [6.45, 7) is 5.56. The third-order valence-corrected chi connectivity index (χ3v) is 2.08. The molecule has 0 fully saturated rings. The van der Waals surface area contributed by atoms with Crippen LogP contribution in [0.5, 0.6) is 0 Å². The van der Waals surface area contributed by atoms with Crippen molar-refractivity contribution in [2.75, 3.05) is 5.73 Å². The first-order valence-electron chi connectivity index (χ1n) is 4.55. The van der Waals surface area contributed by atoms with Crippen LogP contribution in [0.3, 0.4) is 0 Å². The average molecular weight is 272 g/mol. The molecule has 15 heavy (non-hydrogen) atoms. The second-order valence-corrected chi connectivity index (χ2v) is 5.16. The molecule has 0 heterocycles. The minimum Gasteiger partial charge on any atom is -0.594 e. The lowest BCUT2D eigenvalue weighted by molar-refractivity contribution is -0.448. The number of hydrogen-bond donors (Lipinski definition) is 1. The largest absolute Gasteiger partial charge is 0.594 e. The molecule has 0 aliphatic rings. The molecule has 1 aromatic carbocycles. The minimum absolute atomic E-state index is 0.369. The van der Waals surface area contributed by atoms with E-state index in [4.69, 9.17) is 5.73 Å². The molecule has 0 bridgehead atoms. The third-order valence-electron chi connectivity index (χ3n) is 1.59. The molecule has 0 saturated carbocycles. The number of halogens is 1. The zero-order valence-electron chi connectivity index (χ0n) is 8.99. The van der Waals surface area contributed by atoms with Crippen molar-refractivity contribution in [3.63, 3.8) is 0 Å². The Morgan fingerprint density at radius 1 is 1.40 bits per heavy atom. The van der Waals surface area contributed by atoms with Gasteiger partial charge in [-0.2, -0.15) is 0 Å². The van der Waals surface area contributed by atoms with Gasteiger partial charge in [-0.25, -0.2) is 0 Å². The highest BCUT2D eigenvalue weighted by atomic mass is 79.9. The SMILES string of the molecule is CC(C)(C)N=[N+]([O-])c1ccc(Br)cc1N. The highest BCUT2D eigenvalue weighted by molar-refractivity contribution is 9.10. The molecule has 2 N–H and O–H groups in total. The molecule has 0 spiro atoms. The van der Waals surface area contributed by atoms with E-state index in [0.717, 1.165) is 4.47 Å². The molecule has 5 heteroatoms. The summed E-state index contributed by atoms with van der Waals surface area (Å²) in [5.74, 6) is 0. The fourth-order valence-electron chi connectivity index (χ4n) is 1.03. The lowest BCUT2D eigenvalue weighted by atomic mass is 10.1. The summed E-state index contributed by atoms with van der Waals surface area (Å²) in [6.07, 6.45) is 0. The number of nitrogens with zero attached hydrogens (tertiary/aromatic N) is 2. The van der Waals surface area contributed by atoms with E-state index in [2.05, 4.69) is 21.0 Å².